The molecule has 0 aliphatic carbocycles. The lowest BCUT2D eigenvalue weighted by Crippen LogP contribution is -2.51. The first-order valence-corrected chi connectivity index (χ1v) is 8.25. The quantitative estimate of drug-likeness (QED) is 0.904. The van der Waals surface area contributed by atoms with Crippen molar-refractivity contribution in [2.75, 3.05) is 26.7 Å². The lowest BCUT2D eigenvalue weighted by atomic mass is 9.79. The number of nitrogens with one attached hydrogen (secondary N) is 1. The fourth-order valence-corrected chi connectivity index (χ4v) is 3.97. The molecule has 1 aromatic rings. The van der Waals surface area contributed by atoms with Crippen molar-refractivity contribution in [2.24, 2.45) is 0 Å². The first-order valence-electron chi connectivity index (χ1n) is 8.25. The molecule has 1 unspecified atom stereocenters. The van der Waals surface area contributed by atoms with E-state index in [1.165, 1.54) is 16.7 Å². The van der Waals surface area contributed by atoms with Crippen molar-refractivity contribution in [3.8, 4) is 5.75 Å². The Balaban J connectivity index is 1.97. The summed E-state index contributed by atoms with van der Waals surface area (Å²) < 4.78 is 6.58. The van der Waals surface area contributed by atoms with Crippen molar-refractivity contribution < 1.29 is 4.74 Å². The molecule has 0 aromatic heterocycles. The second-order valence-electron chi connectivity index (χ2n) is 6.90. The smallest absolute Gasteiger partial charge is 0.125 e. The van der Waals surface area contributed by atoms with Crippen LogP contribution in [0.2, 0.25) is 0 Å². The SMILES string of the molecule is CCNC1CC2(CCN(C)CC2)Oc2cc(C)cc(C)c21. The molecule has 1 saturated heterocycles. The molecule has 0 amide bonds. The highest BCUT2D eigenvalue weighted by atomic mass is 16.5. The average molecular weight is 288 g/mol. The van der Waals surface area contributed by atoms with Crippen molar-refractivity contribution in [1.82, 2.24) is 10.2 Å². The highest BCUT2D eigenvalue weighted by Crippen LogP contribution is 2.45. The summed E-state index contributed by atoms with van der Waals surface area (Å²) in [7, 11) is 2.21. The summed E-state index contributed by atoms with van der Waals surface area (Å²) in [6.45, 7) is 9.85. The molecule has 116 valence electrons. The summed E-state index contributed by atoms with van der Waals surface area (Å²) in [6, 6.07) is 4.94. The van der Waals surface area contributed by atoms with Gasteiger partial charge in [0, 0.05) is 31.1 Å². The maximum atomic E-state index is 6.58. The second kappa shape index (κ2) is 5.62. The van der Waals surface area contributed by atoms with Gasteiger partial charge >= 0.3 is 0 Å². The Labute approximate surface area is 128 Å². The fraction of sp³-hybridized carbons (Fsp3) is 0.667. The van der Waals surface area contributed by atoms with Gasteiger partial charge in [0.2, 0.25) is 0 Å². The minimum atomic E-state index is 0.0343. The predicted octanol–water partition coefficient (Wildman–Crippen LogP) is 3.20. The van der Waals surface area contributed by atoms with Gasteiger partial charge in [-0.2, -0.15) is 0 Å². The zero-order chi connectivity index (χ0) is 15.0. The molecule has 0 radical (unpaired) electrons. The van der Waals surface area contributed by atoms with Gasteiger partial charge in [0.05, 0.1) is 0 Å². The molecule has 3 rings (SSSR count). The van der Waals surface area contributed by atoms with Gasteiger partial charge < -0.3 is 15.0 Å². The number of rotatable bonds is 2. The molecule has 3 nitrogen and oxygen atoms in total. The number of benzene rings is 1. The molecule has 1 N–H and O–H groups in total. The summed E-state index contributed by atoms with van der Waals surface area (Å²) in [5.41, 5.74) is 4.07. The average Bonchev–Trinajstić information content (AvgIpc) is 2.42. The number of hydrogen-bond acceptors (Lipinski definition) is 3. The Morgan fingerprint density at radius 1 is 1.29 bits per heavy atom. The number of piperidine rings is 1. The summed E-state index contributed by atoms with van der Waals surface area (Å²) in [5.74, 6) is 1.12. The number of fused-ring (bicyclic) bond motifs is 1. The van der Waals surface area contributed by atoms with Gasteiger partial charge in [0.1, 0.15) is 11.4 Å². The van der Waals surface area contributed by atoms with Crippen LogP contribution in [0.15, 0.2) is 12.1 Å². The maximum Gasteiger partial charge on any atom is 0.125 e. The first kappa shape index (κ1) is 14.9. The Bertz CT molecular complexity index is 518. The van der Waals surface area contributed by atoms with Gasteiger partial charge in [0.15, 0.2) is 0 Å². The number of hydrogen-bond donors (Lipinski definition) is 1. The fourth-order valence-electron chi connectivity index (χ4n) is 3.97. The zero-order valence-corrected chi connectivity index (χ0v) is 13.8. The van der Waals surface area contributed by atoms with E-state index in [0.717, 1.165) is 44.6 Å². The van der Waals surface area contributed by atoms with Crippen LogP contribution in [0, 0.1) is 13.8 Å². The van der Waals surface area contributed by atoms with E-state index in [2.05, 4.69) is 50.2 Å². The predicted molar refractivity (Wildman–Crippen MR) is 87.0 cm³/mol. The topological polar surface area (TPSA) is 24.5 Å². The zero-order valence-electron chi connectivity index (χ0n) is 13.8. The minimum absolute atomic E-state index is 0.0343. The van der Waals surface area contributed by atoms with Crippen molar-refractivity contribution in [2.45, 2.75) is 51.7 Å². The van der Waals surface area contributed by atoms with Crippen LogP contribution in [0.4, 0.5) is 0 Å². The summed E-state index contributed by atoms with van der Waals surface area (Å²) in [6.07, 6.45) is 3.38. The van der Waals surface area contributed by atoms with Crippen molar-refractivity contribution in [3.05, 3.63) is 28.8 Å². The lowest BCUT2D eigenvalue weighted by molar-refractivity contribution is -0.0202. The molecular formula is C18H28N2O. The monoisotopic (exact) mass is 288 g/mol. The highest BCUT2D eigenvalue weighted by Gasteiger charge is 2.43. The molecule has 1 fully saturated rings. The van der Waals surface area contributed by atoms with Gasteiger partial charge in [0.25, 0.3) is 0 Å². The lowest BCUT2D eigenvalue weighted by Gasteiger charge is -2.47. The van der Waals surface area contributed by atoms with E-state index in [9.17, 15) is 0 Å². The second-order valence-corrected chi connectivity index (χ2v) is 6.90. The Morgan fingerprint density at radius 2 is 2.00 bits per heavy atom. The standard InChI is InChI=1S/C18H28N2O/c1-5-19-15-12-18(6-8-20(4)9-7-18)21-16-11-13(2)10-14(3)17(15)16/h10-11,15,19H,5-9,12H2,1-4H3. The van der Waals surface area contributed by atoms with Crippen LogP contribution in [0.3, 0.4) is 0 Å². The van der Waals surface area contributed by atoms with Crippen LogP contribution in [0.1, 0.15) is 48.9 Å². The molecular weight excluding hydrogens is 260 g/mol. The van der Waals surface area contributed by atoms with E-state index < -0.39 is 0 Å². The highest BCUT2D eigenvalue weighted by molar-refractivity contribution is 5.47. The third kappa shape index (κ3) is 2.82. The van der Waals surface area contributed by atoms with E-state index in [0.29, 0.717) is 6.04 Å². The van der Waals surface area contributed by atoms with E-state index >= 15 is 0 Å². The van der Waals surface area contributed by atoms with Crippen LogP contribution in [-0.2, 0) is 0 Å². The number of aryl methyl sites for hydroxylation is 2. The van der Waals surface area contributed by atoms with Crippen molar-refractivity contribution >= 4 is 0 Å². The summed E-state index contributed by atoms with van der Waals surface area (Å²) >= 11 is 0. The Morgan fingerprint density at radius 3 is 2.67 bits per heavy atom. The molecule has 1 aromatic carbocycles. The number of likely N-dealkylation sites (tertiary alicyclic amines) is 1. The summed E-state index contributed by atoms with van der Waals surface area (Å²) in [5, 5.41) is 3.69. The van der Waals surface area contributed by atoms with Crippen LogP contribution in [0.25, 0.3) is 0 Å². The molecule has 3 heteroatoms. The van der Waals surface area contributed by atoms with Gasteiger partial charge in [-0.1, -0.05) is 13.0 Å². The number of ether oxygens (including phenoxy) is 1. The van der Waals surface area contributed by atoms with Gasteiger partial charge in [-0.25, -0.2) is 0 Å². The normalized spacial score (nSPS) is 24.7. The van der Waals surface area contributed by atoms with Gasteiger partial charge in [-0.15, -0.1) is 0 Å². The first-order chi connectivity index (χ1) is 10.0. The largest absolute Gasteiger partial charge is 0.487 e. The molecule has 0 saturated carbocycles. The molecule has 2 heterocycles. The number of nitrogens with zero attached hydrogens (tertiary/aromatic N) is 1. The Kier molecular flexibility index (Phi) is 3.98. The van der Waals surface area contributed by atoms with Crippen LogP contribution in [0.5, 0.6) is 5.75 Å². The van der Waals surface area contributed by atoms with E-state index in [4.69, 9.17) is 4.74 Å². The third-order valence-corrected chi connectivity index (χ3v) is 5.09. The van der Waals surface area contributed by atoms with Crippen LogP contribution < -0.4 is 10.1 Å². The summed E-state index contributed by atoms with van der Waals surface area (Å²) in [4.78, 5) is 2.41. The van der Waals surface area contributed by atoms with Crippen molar-refractivity contribution in [3.63, 3.8) is 0 Å². The van der Waals surface area contributed by atoms with Crippen LogP contribution >= 0.6 is 0 Å². The van der Waals surface area contributed by atoms with Crippen LogP contribution in [-0.4, -0.2) is 37.2 Å². The van der Waals surface area contributed by atoms with Crippen molar-refractivity contribution in [1.29, 1.82) is 0 Å². The van der Waals surface area contributed by atoms with E-state index in [-0.39, 0.29) is 5.60 Å². The van der Waals surface area contributed by atoms with Gasteiger partial charge in [-0.3, -0.25) is 0 Å². The molecule has 1 spiro atoms. The van der Waals surface area contributed by atoms with E-state index in [1.807, 2.05) is 0 Å². The van der Waals surface area contributed by atoms with Gasteiger partial charge in [-0.05, 0) is 57.5 Å². The maximum absolute atomic E-state index is 6.58. The third-order valence-electron chi connectivity index (χ3n) is 5.09. The Hall–Kier alpha value is -1.06. The minimum Gasteiger partial charge on any atom is -0.487 e. The molecule has 2 aliphatic heterocycles. The van der Waals surface area contributed by atoms with E-state index in [1.54, 1.807) is 0 Å². The molecule has 21 heavy (non-hydrogen) atoms. The molecule has 1 atom stereocenters. The molecule has 0 bridgehead atoms. The molecule has 2 aliphatic rings.